The van der Waals surface area contributed by atoms with Gasteiger partial charge in [0.1, 0.15) is 18.1 Å². The Labute approximate surface area is 161 Å². The number of hydrogen-bond acceptors (Lipinski definition) is 5. The van der Waals surface area contributed by atoms with E-state index in [0.29, 0.717) is 6.61 Å². The number of nitrogens with two attached hydrogens (primary N) is 1. The summed E-state index contributed by atoms with van der Waals surface area (Å²) in [5.74, 6) is 1.73. The lowest BCUT2D eigenvalue weighted by Crippen LogP contribution is -2.31. The first-order chi connectivity index (χ1) is 12.1. The normalized spacial score (nSPS) is 19.8. The van der Waals surface area contributed by atoms with Gasteiger partial charge in [0.15, 0.2) is 0 Å². The maximum Gasteiger partial charge on any atom is 0.130 e. The van der Waals surface area contributed by atoms with E-state index in [1.165, 1.54) is 0 Å². The molecular weight excluding hydrogens is 350 g/mol. The van der Waals surface area contributed by atoms with E-state index in [4.69, 9.17) is 15.2 Å². The van der Waals surface area contributed by atoms with Gasteiger partial charge in [0.05, 0.1) is 12.8 Å². The molecule has 0 saturated carbocycles. The third-order valence-electron chi connectivity index (χ3n) is 4.89. The van der Waals surface area contributed by atoms with Gasteiger partial charge in [0, 0.05) is 24.8 Å². The first-order valence-corrected chi connectivity index (χ1v) is 8.74. The van der Waals surface area contributed by atoms with Crippen LogP contribution in [-0.2, 0) is 13.2 Å². The second-order valence-electron chi connectivity index (χ2n) is 7.06. The first-order valence-electron chi connectivity index (χ1n) is 8.74. The van der Waals surface area contributed by atoms with Crippen molar-refractivity contribution in [1.29, 1.82) is 0 Å². The molecule has 0 amide bonds. The van der Waals surface area contributed by atoms with Crippen LogP contribution in [0.4, 0.5) is 0 Å². The zero-order chi connectivity index (χ0) is 17.7. The number of hydrogen-bond donors (Lipinski definition) is 1. The third-order valence-corrected chi connectivity index (χ3v) is 4.89. The quantitative estimate of drug-likeness (QED) is 0.802. The van der Waals surface area contributed by atoms with E-state index in [-0.39, 0.29) is 17.8 Å². The molecule has 1 aliphatic heterocycles. The number of pyridine rings is 1. The van der Waals surface area contributed by atoms with Gasteiger partial charge in [0.25, 0.3) is 0 Å². The summed E-state index contributed by atoms with van der Waals surface area (Å²) in [6.45, 7) is 6.36. The Balaban J connectivity index is 0.00000243. The molecule has 0 spiro atoms. The number of halogens is 1. The van der Waals surface area contributed by atoms with Gasteiger partial charge >= 0.3 is 0 Å². The van der Waals surface area contributed by atoms with Crippen molar-refractivity contribution in [3.8, 4) is 11.5 Å². The second-order valence-corrected chi connectivity index (χ2v) is 7.06. The minimum atomic E-state index is 0. The lowest BCUT2D eigenvalue weighted by molar-refractivity contribution is 0.260. The minimum absolute atomic E-state index is 0. The second kappa shape index (κ2) is 9.21. The van der Waals surface area contributed by atoms with Crippen LogP contribution in [0.25, 0.3) is 0 Å². The molecule has 2 N–H and O–H groups in total. The van der Waals surface area contributed by atoms with Crippen molar-refractivity contribution in [3.63, 3.8) is 0 Å². The SMILES string of the molecule is COc1ccc(OCc2ccccn2)c(CN2CCC(C)(CN)C2)c1.Cl. The molecule has 0 aliphatic carbocycles. The van der Waals surface area contributed by atoms with E-state index in [2.05, 4.69) is 22.9 Å². The molecule has 26 heavy (non-hydrogen) atoms. The topological polar surface area (TPSA) is 60.6 Å². The smallest absolute Gasteiger partial charge is 0.130 e. The largest absolute Gasteiger partial charge is 0.497 e. The van der Waals surface area contributed by atoms with Crippen LogP contribution in [0, 0.1) is 5.41 Å². The Morgan fingerprint density at radius 3 is 2.77 bits per heavy atom. The fourth-order valence-corrected chi connectivity index (χ4v) is 3.25. The fraction of sp³-hybridized carbons (Fsp3) is 0.450. The molecule has 1 unspecified atom stereocenters. The van der Waals surface area contributed by atoms with Crippen molar-refractivity contribution in [2.24, 2.45) is 11.1 Å². The molecule has 2 heterocycles. The molecule has 0 radical (unpaired) electrons. The lowest BCUT2D eigenvalue weighted by Gasteiger charge is -2.23. The lowest BCUT2D eigenvalue weighted by atomic mass is 9.90. The van der Waals surface area contributed by atoms with E-state index in [1.807, 2.05) is 30.3 Å². The van der Waals surface area contributed by atoms with E-state index >= 15 is 0 Å². The molecule has 1 atom stereocenters. The van der Waals surface area contributed by atoms with Crippen molar-refractivity contribution in [3.05, 3.63) is 53.9 Å². The summed E-state index contributed by atoms with van der Waals surface area (Å²) in [5, 5.41) is 0. The van der Waals surface area contributed by atoms with Crippen LogP contribution in [0.2, 0.25) is 0 Å². The molecule has 1 aromatic heterocycles. The molecule has 3 rings (SSSR count). The van der Waals surface area contributed by atoms with Crippen LogP contribution in [0.3, 0.4) is 0 Å². The average Bonchev–Trinajstić information content (AvgIpc) is 3.03. The van der Waals surface area contributed by atoms with Crippen LogP contribution < -0.4 is 15.2 Å². The van der Waals surface area contributed by atoms with Gasteiger partial charge in [-0.25, -0.2) is 0 Å². The average molecular weight is 378 g/mol. The van der Waals surface area contributed by atoms with Crippen molar-refractivity contribution in [2.75, 3.05) is 26.7 Å². The van der Waals surface area contributed by atoms with Gasteiger partial charge in [-0.2, -0.15) is 0 Å². The highest BCUT2D eigenvalue weighted by molar-refractivity contribution is 5.85. The number of ether oxygens (including phenoxy) is 2. The summed E-state index contributed by atoms with van der Waals surface area (Å²) in [6.07, 6.45) is 2.92. The van der Waals surface area contributed by atoms with Crippen LogP contribution >= 0.6 is 12.4 Å². The summed E-state index contributed by atoms with van der Waals surface area (Å²) >= 11 is 0. The third kappa shape index (κ3) is 5.10. The molecule has 1 aromatic carbocycles. The monoisotopic (exact) mass is 377 g/mol. The highest BCUT2D eigenvalue weighted by Gasteiger charge is 2.32. The van der Waals surface area contributed by atoms with Crippen molar-refractivity contribution < 1.29 is 9.47 Å². The van der Waals surface area contributed by atoms with E-state index in [1.54, 1.807) is 13.3 Å². The highest BCUT2D eigenvalue weighted by Crippen LogP contribution is 2.32. The molecule has 142 valence electrons. The predicted octanol–water partition coefficient (Wildman–Crippen LogP) is 3.26. The van der Waals surface area contributed by atoms with Crippen molar-refractivity contribution in [2.45, 2.75) is 26.5 Å². The summed E-state index contributed by atoms with van der Waals surface area (Å²) < 4.78 is 11.4. The molecule has 6 heteroatoms. The highest BCUT2D eigenvalue weighted by atomic mass is 35.5. The summed E-state index contributed by atoms with van der Waals surface area (Å²) in [4.78, 5) is 6.76. The van der Waals surface area contributed by atoms with Crippen LogP contribution in [0.5, 0.6) is 11.5 Å². The Hall–Kier alpha value is -1.82. The number of nitrogens with zero attached hydrogens (tertiary/aromatic N) is 2. The van der Waals surface area contributed by atoms with E-state index in [0.717, 1.165) is 55.4 Å². The van der Waals surface area contributed by atoms with Gasteiger partial charge in [-0.3, -0.25) is 9.88 Å². The molecule has 1 saturated heterocycles. The van der Waals surface area contributed by atoms with Gasteiger partial charge in [-0.05, 0) is 55.3 Å². The summed E-state index contributed by atoms with van der Waals surface area (Å²) in [5.41, 5.74) is 8.20. The van der Waals surface area contributed by atoms with Crippen molar-refractivity contribution >= 4 is 12.4 Å². The maximum atomic E-state index is 6.04. The van der Waals surface area contributed by atoms with E-state index in [9.17, 15) is 0 Å². The number of methoxy groups -OCH3 is 1. The number of likely N-dealkylation sites (tertiary alicyclic amines) is 1. The van der Waals surface area contributed by atoms with Gasteiger partial charge in [-0.15, -0.1) is 12.4 Å². The van der Waals surface area contributed by atoms with Crippen LogP contribution in [-0.4, -0.2) is 36.6 Å². The molecule has 5 nitrogen and oxygen atoms in total. The molecule has 1 aliphatic rings. The molecule has 0 bridgehead atoms. The summed E-state index contributed by atoms with van der Waals surface area (Å²) in [6, 6.07) is 11.8. The Bertz CT molecular complexity index is 699. The van der Waals surface area contributed by atoms with Gasteiger partial charge < -0.3 is 15.2 Å². The minimum Gasteiger partial charge on any atom is -0.497 e. The predicted molar refractivity (Wildman–Crippen MR) is 106 cm³/mol. The zero-order valence-corrected chi connectivity index (χ0v) is 16.3. The Morgan fingerprint density at radius 2 is 2.12 bits per heavy atom. The molecular formula is C20H28ClN3O2. The zero-order valence-electron chi connectivity index (χ0n) is 15.5. The fourth-order valence-electron chi connectivity index (χ4n) is 3.25. The first kappa shape index (κ1) is 20.5. The maximum absolute atomic E-state index is 6.04. The Kier molecular flexibility index (Phi) is 7.26. The molecule has 2 aromatic rings. The van der Waals surface area contributed by atoms with Gasteiger partial charge in [-0.1, -0.05) is 13.0 Å². The Morgan fingerprint density at radius 1 is 1.27 bits per heavy atom. The van der Waals surface area contributed by atoms with Gasteiger partial charge in [0.2, 0.25) is 0 Å². The van der Waals surface area contributed by atoms with Crippen LogP contribution in [0.15, 0.2) is 42.6 Å². The van der Waals surface area contributed by atoms with Crippen LogP contribution in [0.1, 0.15) is 24.6 Å². The standard InChI is InChI=1S/C20H27N3O2.ClH/c1-20(14-21)8-10-23(15-20)12-16-11-18(24-2)6-7-19(16)25-13-17-5-3-4-9-22-17;/h3-7,9,11H,8,10,12-15,21H2,1-2H3;1H. The number of aromatic nitrogens is 1. The number of benzene rings is 1. The van der Waals surface area contributed by atoms with Crippen molar-refractivity contribution in [1.82, 2.24) is 9.88 Å². The molecule has 1 fully saturated rings. The number of rotatable bonds is 7. The van der Waals surface area contributed by atoms with E-state index < -0.39 is 0 Å². The summed E-state index contributed by atoms with van der Waals surface area (Å²) in [7, 11) is 1.69.